The highest BCUT2D eigenvalue weighted by Gasteiger charge is 2.22. The highest BCUT2D eigenvalue weighted by molar-refractivity contribution is 5.27. The van der Waals surface area contributed by atoms with Gasteiger partial charge >= 0.3 is 0 Å². The molecule has 2 unspecified atom stereocenters. The second-order valence-corrected chi connectivity index (χ2v) is 4.66. The molecule has 3 heteroatoms. The van der Waals surface area contributed by atoms with Crippen LogP contribution in [0.25, 0.3) is 0 Å². The predicted molar refractivity (Wildman–Crippen MR) is 64.7 cm³/mol. The molecule has 0 aliphatic rings. The van der Waals surface area contributed by atoms with Crippen LogP contribution in [0.4, 0.5) is 8.78 Å². The van der Waals surface area contributed by atoms with Crippen LogP contribution in [0.2, 0.25) is 0 Å². The van der Waals surface area contributed by atoms with Gasteiger partial charge in [-0.2, -0.15) is 0 Å². The summed E-state index contributed by atoms with van der Waals surface area (Å²) >= 11 is 0. The van der Waals surface area contributed by atoms with Crippen molar-refractivity contribution in [2.45, 2.75) is 46.1 Å². The quantitative estimate of drug-likeness (QED) is 0.823. The van der Waals surface area contributed by atoms with Crippen molar-refractivity contribution >= 4 is 0 Å². The standard InChI is InChI=1S/C14H20F2O/c1-4-5-6-10(3)14(17)11-8-7-9(2)12(15)13(11)16/h7-8,10,14,17H,4-6H2,1-3H3. The minimum atomic E-state index is -0.934. The van der Waals surface area contributed by atoms with Crippen LogP contribution in [0.5, 0.6) is 0 Å². The molecule has 0 saturated carbocycles. The normalized spacial score (nSPS) is 14.7. The molecule has 1 aromatic rings. The van der Waals surface area contributed by atoms with Crippen molar-refractivity contribution in [1.82, 2.24) is 0 Å². The SMILES string of the molecule is CCCCC(C)C(O)c1ccc(C)c(F)c1F. The van der Waals surface area contributed by atoms with E-state index in [1.54, 1.807) is 0 Å². The first-order chi connectivity index (χ1) is 7.99. The Balaban J connectivity index is 2.89. The van der Waals surface area contributed by atoms with Gasteiger partial charge in [0.25, 0.3) is 0 Å². The van der Waals surface area contributed by atoms with E-state index in [0.717, 1.165) is 19.3 Å². The topological polar surface area (TPSA) is 20.2 Å². The highest BCUT2D eigenvalue weighted by Crippen LogP contribution is 2.29. The first kappa shape index (κ1) is 14.1. The van der Waals surface area contributed by atoms with E-state index < -0.39 is 17.7 Å². The van der Waals surface area contributed by atoms with Gasteiger partial charge in [0.2, 0.25) is 0 Å². The zero-order valence-corrected chi connectivity index (χ0v) is 10.6. The van der Waals surface area contributed by atoms with E-state index >= 15 is 0 Å². The molecular formula is C14H20F2O. The summed E-state index contributed by atoms with van der Waals surface area (Å²) in [6.45, 7) is 5.43. The molecule has 0 saturated heterocycles. The summed E-state index contributed by atoms with van der Waals surface area (Å²) in [6, 6.07) is 2.98. The number of benzene rings is 1. The van der Waals surface area contributed by atoms with Gasteiger partial charge < -0.3 is 5.11 Å². The maximum Gasteiger partial charge on any atom is 0.164 e. The Labute approximate surface area is 101 Å². The molecule has 1 N–H and O–H groups in total. The lowest BCUT2D eigenvalue weighted by molar-refractivity contribution is 0.107. The zero-order valence-electron chi connectivity index (χ0n) is 10.6. The molecule has 96 valence electrons. The third-order valence-electron chi connectivity index (χ3n) is 3.18. The van der Waals surface area contributed by atoms with E-state index in [0.29, 0.717) is 0 Å². The lowest BCUT2D eigenvalue weighted by atomic mass is 9.92. The molecular weight excluding hydrogens is 222 g/mol. The van der Waals surface area contributed by atoms with Crippen LogP contribution in [-0.2, 0) is 0 Å². The Bertz CT molecular complexity index is 377. The number of halogens is 2. The fourth-order valence-electron chi connectivity index (χ4n) is 1.88. The Kier molecular flexibility index (Phi) is 5.06. The van der Waals surface area contributed by atoms with Crippen molar-refractivity contribution in [3.63, 3.8) is 0 Å². The van der Waals surface area contributed by atoms with Crippen LogP contribution in [0.1, 0.15) is 50.3 Å². The van der Waals surface area contributed by atoms with Crippen LogP contribution in [0.15, 0.2) is 12.1 Å². The first-order valence-electron chi connectivity index (χ1n) is 6.11. The summed E-state index contributed by atoms with van der Waals surface area (Å²) in [5, 5.41) is 10.0. The molecule has 0 heterocycles. The lowest BCUT2D eigenvalue weighted by Gasteiger charge is -2.20. The van der Waals surface area contributed by atoms with Gasteiger partial charge in [-0.05, 0) is 24.8 Å². The molecule has 0 bridgehead atoms. The molecule has 0 fully saturated rings. The second-order valence-electron chi connectivity index (χ2n) is 4.66. The molecule has 1 aromatic carbocycles. The van der Waals surface area contributed by atoms with E-state index in [1.807, 2.05) is 6.92 Å². The number of aliphatic hydroxyl groups is 1. The van der Waals surface area contributed by atoms with Gasteiger partial charge in [-0.15, -0.1) is 0 Å². The molecule has 1 rings (SSSR count). The number of rotatable bonds is 5. The summed E-state index contributed by atoms with van der Waals surface area (Å²) in [5.41, 5.74) is 0.330. The fourth-order valence-corrected chi connectivity index (χ4v) is 1.88. The van der Waals surface area contributed by atoms with Crippen molar-refractivity contribution in [1.29, 1.82) is 0 Å². The van der Waals surface area contributed by atoms with Crippen LogP contribution in [-0.4, -0.2) is 5.11 Å². The Morgan fingerprint density at radius 3 is 2.47 bits per heavy atom. The molecule has 2 atom stereocenters. The van der Waals surface area contributed by atoms with Crippen molar-refractivity contribution in [3.8, 4) is 0 Å². The summed E-state index contributed by atoms with van der Waals surface area (Å²) in [6.07, 6.45) is 1.89. The molecule has 17 heavy (non-hydrogen) atoms. The molecule has 0 aliphatic heterocycles. The van der Waals surface area contributed by atoms with Gasteiger partial charge in [0.05, 0.1) is 6.10 Å². The highest BCUT2D eigenvalue weighted by atomic mass is 19.2. The summed E-state index contributed by atoms with van der Waals surface area (Å²) in [7, 11) is 0. The molecule has 0 spiro atoms. The van der Waals surface area contributed by atoms with Crippen molar-refractivity contribution in [2.24, 2.45) is 5.92 Å². The number of aliphatic hydroxyl groups excluding tert-OH is 1. The van der Waals surface area contributed by atoms with Gasteiger partial charge in [-0.1, -0.05) is 38.8 Å². The molecule has 0 radical (unpaired) electrons. The second kappa shape index (κ2) is 6.10. The van der Waals surface area contributed by atoms with E-state index in [4.69, 9.17) is 0 Å². The minimum Gasteiger partial charge on any atom is -0.388 e. The number of aryl methyl sites for hydroxylation is 1. The van der Waals surface area contributed by atoms with Gasteiger partial charge in [0.1, 0.15) is 0 Å². The van der Waals surface area contributed by atoms with Gasteiger partial charge in [-0.25, -0.2) is 8.78 Å². The maximum atomic E-state index is 13.7. The lowest BCUT2D eigenvalue weighted by Crippen LogP contribution is -2.12. The third kappa shape index (κ3) is 3.25. The fraction of sp³-hybridized carbons (Fsp3) is 0.571. The number of hydrogen-bond acceptors (Lipinski definition) is 1. The third-order valence-corrected chi connectivity index (χ3v) is 3.18. The predicted octanol–water partition coefficient (Wildman–Crippen LogP) is 4.13. The Morgan fingerprint density at radius 1 is 1.24 bits per heavy atom. The molecule has 0 aliphatic carbocycles. The van der Waals surface area contributed by atoms with E-state index in [-0.39, 0.29) is 17.0 Å². The zero-order chi connectivity index (χ0) is 13.0. The summed E-state index contributed by atoms with van der Waals surface area (Å²) < 4.78 is 27.0. The maximum absolute atomic E-state index is 13.7. The van der Waals surface area contributed by atoms with E-state index in [2.05, 4.69) is 6.92 Å². The average Bonchev–Trinajstić information content (AvgIpc) is 2.32. The van der Waals surface area contributed by atoms with Crippen LogP contribution >= 0.6 is 0 Å². The number of hydrogen-bond donors (Lipinski definition) is 1. The Hall–Kier alpha value is -0.960. The van der Waals surface area contributed by atoms with Gasteiger partial charge in [-0.3, -0.25) is 0 Å². The number of unbranched alkanes of at least 4 members (excludes halogenated alkanes) is 1. The molecule has 1 nitrogen and oxygen atoms in total. The van der Waals surface area contributed by atoms with Gasteiger partial charge in [0.15, 0.2) is 11.6 Å². The van der Waals surface area contributed by atoms with Crippen molar-refractivity contribution in [2.75, 3.05) is 0 Å². The monoisotopic (exact) mass is 242 g/mol. The smallest absolute Gasteiger partial charge is 0.164 e. The van der Waals surface area contributed by atoms with Crippen LogP contribution in [0, 0.1) is 24.5 Å². The molecule has 0 amide bonds. The summed E-state index contributed by atoms with van der Waals surface area (Å²) in [5.74, 6) is -1.84. The Morgan fingerprint density at radius 2 is 1.88 bits per heavy atom. The van der Waals surface area contributed by atoms with Crippen molar-refractivity contribution in [3.05, 3.63) is 34.9 Å². The summed E-state index contributed by atoms with van der Waals surface area (Å²) in [4.78, 5) is 0. The van der Waals surface area contributed by atoms with Crippen LogP contribution in [0.3, 0.4) is 0 Å². The largest absolute Gasteiger partial charge is 0.388 e. The van der Waals surface area contributed by atoms with E-state index in [1.165, 1.54) is 19.1 Å². The first-order valence-corrected chi connectivity index (χ1v) is 6.11. The van der Waals surface area contributed by atoms with Crippen molar-refractivity contribution < 1.29 is 13.9 Å². The van der Waals surface area contributed by atoms with Crippen LogP contribution < -0.4 is 0 Å². The van der Waals surface area contributed by atoms with E-state index in [9.17, 15) is 13.9 Å². The molecule has 0 aromatic heterocycles. The van der Waals surface area contributed by atoms with Gasteiger partial charge in [0, 0.05) is 5.56 Å². The average molecular weight is 242 g/mol. The minimum absolute atomic E-state index is 0.0634.